The normalized spacial score (nSPS) is 12.1. The van der Waals surface area contributed by atoms with Crippen molar-refractivity contribution in [3.05, 3.63) is 0 Å². The van der Waals surface area contributed by atoms with Crippen LogP contribution in [0.5, 0.6) is 0 Å². The van der Waals surface area contributed by atoms with Crippen LogP contribution in [0, 0.1) is 0 Å². The van der Waals surface area contributed by atoms with E-state index in [1.54, 1.807) is 0 Å². The Balaban J connectivity index is 3.53. The van der Waals surface area contributed by atoms with Crippen molar-refractivity contribution in [3.8, 4) is 0 Å². The number of aliphatic carboxylic acids is 1. The molecule has 0 radical (unpaired) electrons. The lowest BCUT2D eigenvalue weighted by Crippen LogP contribution is -2.32. The third-order valence-electron chi connectivity index (χ3n) is 0.686. The molecule has 0 aliphatic heterocycles. The predicted molar refractivity (Wildman–Crippen MR) is 34.4 cm³/mol. The first-order valence-electron chi connectivity index (χ1n) is 2.56. The summed E-state index contributed by atoms with van der Waals surface area (Å²) in [5.74, 6) is -2.73. The first-order chi connectivity index (χ1) is 5.02. The smallest absolute Gasteiger partial charge is 0.322 e. The molecular formula is C4H6NO5S-. The molecule has 1 atom stereocenters. The van der Waals surface area contributed by atoms with Crippen molar-refractivity contribution in [2.75, 3.05) is 12.3 Å². The monoisotopic (exact) mass is 180 g/mol. The number of carbonyl (C=O) groups excluding carboxylic acids is 1. The quantitative estimate of drug-likeness (QED) is 0.490. The zero-order valence-corrected chi connectivity index (χ0v) is 6.22. The zero-order chi connectivity index (χ0) is 8.85. The van der Waals surface area contributed by atoms with Crippen LogP contribution >= 0.6 is 0 Å². The lowest BCUT2D eigenvalue weighted by atomic mass is 10.6. The van der Waals surface area contributed by atoms with E-state index >= 15 is 0 Å². The number of carbonyl (C=O) groups is 2. The summed E-state index contributed by atoms with van der Waals surface area (Å²) in [6.45, 7) is -0.559. The molecule has 0 aromatic carbocycles. The van der Waals surface area contributed by atoms with Gasteiger partial charge in [-0.1, -0.05) is 0 Å². The molecule has 0 bridgehead atoms. The number of hydrogen-bond donors (Lipinski definition) is 2. The number of rotatable bonds is 4. The first kappa shape index (κ1) is 10.0. The van der Waals surface area contributed by atoms with Gasteiger partial charge < -0.3 is 15.0 Å². The summed E-state index contributed by atoms with van der Waals surface area (Å²) >= 11 is -2.47. The number of carboxylic acids is 1. The lowest BCUT2D eigenvalue weighted by Gasteiger charge is -2.03. The Labute approximate surface area is 64.9 Å². The average molecular weight is 180 g/mol. The molecule has 0 aliphatic carbocycles. The van der Waals surface area contributed by atoms with E-state index in [0.717, 1.165) is 0 Å². The first-order valence-corrected chi connectivity index (χ1v) is 3.81. The minimum Gasteiger partial charge on any atom is -0.772 e. The summed E-state index contributed by atoms with van der Waals surface area (Å²) in [6, 6.07) is 0. The second-order valence-electron chi connectivity index (χ2n) is 1.62. The van der Waals surface area contributed by atoms with E-state index < -0.39 is 35.3 Å². The highest BCUT2D eigenvalue weighted by molar-refractivity contribution is 7.79. The summed E-state index contributed by atoms with van der Waals surface area (Å²) in [5, 5.41) is 9.91. The van der Waals surface area contributed by atoms with E-state index in [1.807, 2.05) is 5.32 Å². The van der Waals surface area contributed by atoms with Crippen LogP contribution in [0.2, 0.25) is 0 Å². The third-order valence-corrected chi connectivity index (χ3v) is 1.18. The van der Waals surface area contributed by atoms with Crippen molar-refractivity contribution >= 4 is 23.0 Å². The van der Waals surface area contributed by atoms with Gasteiger partial charge in [-0.05, 0) is 11.1 Å². The van der Waals surface area contributed by atoms with E-state index in [-0.39, 0.29) is 0 Å². The number of nitrogens with one attached hydrogen (secondary N) is 1. The second kappa shape index (κ2) is 4.80. The van der Waals surface area contributed by atoms with Crippen LogP contribution in [-0.4, -0.2) is 38.0 Å². The second-order valence-corrected chi connectivity index (χ2v) is 2.51. The fourth-order valence-electron chi connectivity index (χ4n) is 0.332. The Morgan fingerprint density at radius 2 is 2.09 bits per heavy atom. The van der Waals surface area contributed by atoms with Crippen LogP contribution in [-0.2, 0) is 20.7 Å². The van der Waals surface area contributed by atoms with Crippen molar-refractivity contribution < 1.29 is 23.5 Å². The van der Waals surface area contributed by atoms with Crippen LogP contribution in [0.15, 0.2) is 0 Å². The van der Waals surface area contributed by atoms with Crippen LogP contribution in [0.4, 0.5) is 0 Å². The Bertz CT molecular complexity index is 191. The molecule has 0 spiro atoms. The molecule has 0 aromatic heterocycles. The van der Waals surface area contributed by atoms with Crippen LogP contribution < -0.4 is 5.32 Å². The van der Waals surface area contributed by atoms with Gasteiger partial charge in [0, 0.05) is 0 Å². The molecule has 0 fully saturated rings. The summed E-state index contributed by atoms with van der Waals surface area (Å²) in [6.07, 6.45) is 0. The van der Waals surface area contributed by atoms with Crippen LogP contribution in [0.25, 0.3) is 0 Å². The van der Waals surface area contributed by atoms with Gasteiger partial charge in [0.2, 0.25) is 5.91 Å². The molecular weight excluding hydrogens is 174 g/mol. The van der Waals surface area contributed by atoms with E-state index in [4.69, 9.17) is 5.11 Å². The minimum atomic E-state index is -2.47. The molecule has 6 nitrogen and oxygen atoms in total. The topological polar surface area (TPSA) is 107 Å². The van der Waals surface area contributed by atoms with Crippen molar-refractivity contribution in [3.63, 3.8) is 0 Å². The van der Waals surface area contributed by atoms with Gasteiger partial charge in [0.05, 0.1) is 5.75 Å². The van der Waals surface area contributed by atoms with Gasteiger partial charge >= 0.3 is 5.97 Å². The van der Waals surface area contributed by atoms with Crippen LogP contribution in [0.3, 0.4) is 0 Å². The molecule has 0 saturated heterocycles. The molecule has 0 rings (SSSR count). The van der Waals surface area contributed by atoms with Gasteiger partial charge in [-0.15, -0.1) is 0 Å². The molecule has 1 unspecified atom stereocenters. The number of amides is 1. The van der Waals surface area contributed by atoms with E-state index in [1.165, 1.54) is 0 Å². The highest BCUT2D eigenvalue weighted by Gasteiger charge is 2.02. The van der Waals surface area contributed by atoms with Crippen molar-refractivity contribution in [1.29, 1.82) is 0 Å². The zero-order valence-electron chi connectivity index (χ0n) is 5.40. The Kier molecular flexibility index (Phi) is 4.39. The Morgan fingerprint density at radius 3 is 2.45 bits per heavy atom. The molecule has 11 heavy (non-hydrogen) atoms. The standard InChI is InChI=1S/C4H7NO5S/c6-3(2-11(9)10)5-1-4(7)8/h1-2H2,(H,5,6)(H,7,8)(H,9,10)/p-1. The molecule has 64 valence electrons. The molecule has 0 aromatic rings. The molecule has 1 amide bonds. The average Bonchev–Trinajstić information content (AvgIpc) is 1.82. The van der Waals surface area contributed by atoms with Gasteiger partial charge in [0.25, 0.3) is 0 Å². The van der Waals surface area contributed by atoms with Gasteiger partial charge in [0.15, 0.2) is 0 Å². The van der Waals surface area contributed by atoms with Crippen molar-refractivity contribution in [2.24, 2.45) is 0 Å². The van der Waals surface area contributed by atoms with E-state index in [0.29, 0.717) is 0 Å². The van der Waals surface area contributed by atoms with Crippen LogP contribution in [0.1, 0.15) is 0 Å². The number of hydrogen-bond acceptors (Lipinski definition) is 4. The summed E-state index contributed by atoms with van der Waals surface area (Å²) in [4.78, 5) is 20.2. The highest BCUT2D eigenvalue weighted by atomic mass is 32.2. The van der Waals surface area contributed by atoms with Gasteiger partial charge in [0.1, 0.15) is 6.54 Å². The van der Waals surface area contributed by atoms with Crippen molar-refractivity contribution in [1.82, 2.24) is 5.32 Å². The molecule has 2 N–H and O–H groups in total. The van der Waals surface area contributed by atoms with Gasteiger partial charge in [-0.2, -0.15) is 0 Å². The molecule has 0 heterocycles. The summed E-state index contributed by atoms with van der Waals surface area (Å²) in [5.41, 5.74) is 0. The SMILES string of the molecule is O=C(O)CNC(=O)CS(=O)[O-]. The molecule has 0 saturated carbocycles. The maximum atomic E-state index is 10.4. The third kappa shape index (κ3) is 6.94. The number of carboxylic acid groups (broad SMARTS) is 1. The lowest BCUT2D eigenvalue weighted by molar-refractivity contribution is -0.137. The fourth-order valence-corrected chi connectivity index (χ4v) is 0.648. The molecule has 7 heteroatoms. The Morgan fingerprint density at radius 1 is 1.55 bits per heavy atom. The Hall–Kier alpha value is -0.950. The van der Waals surface area contributed by atoms with E-state index in [2.05, 4.69) is 0 Å². The maximum absolute atomic E-state index is 10.4. The predicted octanol–water partition coefficient (Wildman–Crippen LogP) is -1.93. The molecule has 0 aliphatic rings. The van der Waals surface area contributed by atoms with Gasteiger partial charge in [-0.25, -0.2) is 0 Å². The largest absolute Gasteiger partial charge is 0.772 e. The van der Waals surface area contributed by atoms with Crippen molar-refractivity contribution in [2.45, 2.75) is 0 Å². The highest BCUT2D eigenvalue weighted by Crippen LogP contribution is 1.73. The van der Waals surface area contributed by atoms with E-state index in [9.17, 15) is 18.4 Å². The van der Waals surface area contributed by atoms with Gasteiger partial charge in [-0.3, -0.25) is 13.8 Å². The summed E-state index contributed by atoms with van der Waals surface area (Å²) < 4.78 is 19.7. The summed E-state index contributed by atoms with van der Waals surface area (Å²) in [7, 11) is 0. The fraction of sp³-hybridized carbons (Fsp3) is 0.500. The minimum absolute atomic E-state index is 0.559. The maximum Gasteiger partial charge on any atom is 0.322 e.